The molecule has 2 aromatic rings. The molecule has 0 aromatic heterocycles. The Morgan fingerprint density at radius 3 is 1.42 bits per heavy atom. The Balaban J connectivity index is 2.11. The van der Waals surface area contributed by atoms with Crippen molar-refractivity contribution in [2.45, 2.75) is 66.6 Å². The summed E-state index contributed by atoms with van der Waals surface area (Å²) in [6, 6.07) is 14.6. The first kappa shape index (κ1) is 27.2. The van der Waals surface area contributed by atoms with E-state index in [1.54, 1.807) is 12.1 Å². The van der Waals surface area contributed by atoms with Gasteiger partial charge in [0.15, 0.2) is 0 Å². The molecular formula is C27H34Cl2O4. The Bertz CT molecular complexity index is 848. The average molecular weight is 493 g/mol. The molecule has 0 fully saturated rings. The van der Waals surface area contributed by atoms with E-state index in [-0.39, 0.29) is 38.0 Å². The van der Waals surface area contributed by atoms with Gasteiger partial charge in [0, 0.05) is 21.2 Å². The van der Waals surface area contributed by atoms with Gasteiger partial charge < -0.3 is 9.47 Å². The van der Waals surface area contributed by atoms with Crippen LogP contribution in [0.25, 0.3) is 0 Å². The molecule has 6 heteroatoms. The summed E-state index contributed by atoms with van der Waals surface area (Å²) in [7, 11) is 0. The molecule has 0 saturated heterocycles. The fourth-order valence-corrected chi connectivity index (χ4v) is 4.81. The molecule has 0 radical (unpaired) electrons. The molecule has 33 heavy (non-hydrogen) atoms. The highest BCUT2D eigenvalue weighted by Crippen LogP contribution is 2.41. The second-order valence-electron chi connectivity index (χ2n) is 9.55. The summed E-state index contributed by atoms with van der Waals surface area (Å²) < 4.78 is 11.1. The lowest BCUT2D eigenvalue weighted by atomic mass is 9.69. The number of carbonyl (C=O) groups is 2. The summed E-state index contributed by atoms with van der Waals surface area (Å²) in [6.07, 6.45) is 1.73. The molecule has 0 aliphatic rings. The van der Waals surface area contributed by atoms with Crippen LogP contribution in [0.3, 0.4) is 0 Å². The SMILES string of the molecule is CC(C)CC(CC(=O)OCc1ccccc1Cl)(CC(=O)OCc1ccccc1Cl)CC(C)C. The van der Waals surface area contributed by atoms with Crippen molar-refractivity contribution >= 4 is 35.1 Å². The molecular weight excluding hydrogens is 459 g/mol. The van der Waals surface area contributed by atoms with Crippen molar-refractivity contribution in [1.82, 2.24) is 0 Å². The second kappa shape index (κ2) is 13.0. The van der Waals surface area contributed by atoms with Crippen molar-refractivity contribution in [3.8, 4) is 0 Å². The predicted octanol–water partition coefficient (Wildman–Crippen LogP) is 7.64. The quantitative estimate of drug-likeness (QED) is 0.285. The third-order valence-electron chi connectivity index (χ3n) is 5.41. The summed E-state index contributed by atoms with van der Waals surface area (Å²) in [5.41, 5.74) is 0.965. The van der Waals surface area contributed by atoms with Crippen LogP contribution in [0.15, 0.2) is 48.5 Å². The number of carbonyl (C=O) groups excluding carboxylic acids is 2. The van der Waals surface area contributed by atoms with Crippen molar-refractivity contribution in [2.24, 2.45) is 17.3 Å². The zero-order valence-corrected chi connectivity index (χ0v) is 21.4. The van der Waals surface area contributed by atoms with E-state index in [0.717, 1.165) is 11.1 Å². The van der Waals surface area contributed by atoms with Gasteiger partial charge in [0.1, 0.15) is 13.2 Å². The standard InChI is InChI=1S/C27H34Cl2O4/c1-19(2)13-27(14-20(3)4,15-25(30)32-17-21-9-5-7-11-23(21)28)16-26(31)33-18-22-10-6-8-12-24(22)29/h5-12,19-20H,13-18H2,1-4H3. The Kier molecular flexibility index (Phi) is 10.7. The van der Waals surface area contributed by atoms with Crippen molar-refractivity contribution in [2.75, 3.05) is 0 Å². The van der Waals surface area contributed by atoms with Crippen molar-refractivity contribution < 1.29 is 19.1 Å². The molecule has 0 amide bonds. The molecule has 0 unspecified atom stereocenters. The molecule has 0 heterocycles. The number of ether oxygens (including phenoxy) is 2. The average Bonchev–Trinajstić information content (AvgIpc) is 2.71. The molecule has 2 aromatic carbocycles. The maximum atomic E-state index is 12.9. The van der Waals surface area contributed by atoms with Crippen LogP contribution in [0.5, 0.6) is 0 Å². The topological polar surface area (TPSA) is 52.6 Å². The molecule has 0 aliphatic heterocycles. The van der Waals surface area contributed by atoms with Gasteiger partial charge in [-0.2, -0.15) is 0 Å². The van der Waals surface area contributed by atoms with Gasteiger partial charge in [-0.15, -0.1) is 0 Å². The Labute approximate surface area is 207 Å². The first-order valence-corrected chi connectivity index (χ1v) is 12.1. The van der Waals surface area contributed by atoms with Crippen LogP contribution < -0.4 is 0 Å². The predicted molar refractivity (Wildman–Crippen MR) is 133 cm³/mol. The molecule has 0 bridgehead atoms. The van der Waals surface area contributed by atoms with Crippen LogP contribution in [0.4, 0.5) is 0 Å². The summed E-state index contributed by atoms with van der Waals surface area (Å²) >= 11 is 12.4. The van der Waals surface area contributed by atoms with Crippen molar-refractivity contribution in [3.63, 3.8) is 0 Å². The zero-order chi connectivity index (χ0) is 24.4. The van der Waals surface area contributed by atoms with Gasteiger partial charge in [-0.05, 0) is 42.2 Å². The lowest BCUT2D eigenvalue weighted by molar-refractivity contribution is -0.153. The second-order valence-corrected chi connectivity index (χ2v) is 10.4. The molecule has 180 valence electrons. The first-order valence-electron chi connectivity index (χ1n) is 11.4. The highest BCUT2D eigenvalue weighted by molar-refractivity contribution is 6.31. The van der Waals surface area contributed by atoms with Gasteiger partial charge >= 0.3 is 11.9 Å². The minimum absolute atomic E-state index is 0.106. The maximum Gasteiger partial charge on any atom is 0.306 e. The van der Waals surface area contributed by atoms with E-state index < -0.39 is 5.41 Å². The van der Waals surface area contributed by atoms with E-state index in [9.17, 15) is 9.59 Å². The van der Waals surface area contributed by atoms with Gasteiger partial charge in [-0.1, -0.05) is 87.3 Å². The summed E-state index contributed by atoms with van der Waals surface area (Å²) in [5.74, 6) is -0.0711. The van der Waals surface area contributed by atoms with E-state index in [4.69, 9.17) is 32.7 Å². The van der Waals surface area contributed by atoms with Gasteiger partial charge in [-0.3, -0.25) is 9.59 Å². The van der Waals surface area contributed by atoms with Crippen molar-refractivity contribution in [1.29, 1.82) is 0 Å². The number of rotatable bonds is 12. The monoisotopic (exact) mass is 492 g/mol. The number of hydrogen-bond donors (Lipinski definition) is 0. The molecule has 0 aliphatic carbocycles. The lowest BCUT2D eigenvalue weighted by Crippen LogP contribution is -2.32. The molecule has 0 N–H and O–H groups in total. The third-order valence-corrected chi connectivity index (χ3v) is 6.15. The molecule has 0 spiro atoms. The first-order chi connectivity index (χ1) is 15.6. The molecule has 0 saturated carbocycles. The fraction of sp³-hybridized carbons (Fsp3) is 0.481. The van der Waals surface area contributed by atoms with Crippen LogP contribution in [0.1, 0.15) is 64.5 Å². The summed E-state index contributed by atoms with van der Waals surface area (Å²) in [6.45, 7) is 8.60. The van der Waals surface area contributed by atoms with Gasteiger partial charge in [0.05, 0.1) is 12.8 Å². The number of hydrogen-bond acceptors (Lipinski definition) is 4. The highest BCUT2D eigenvalue weighted by Gasteiger charge is 2.37. The van der Waals surface area contributed by atoms with Gasteiger partial charge in [-0.25, -0.2) is 0 Å². The van der Waals surface area contributed by atoms with Gasteiger partial charge in [0.25, 0.3) is 0 Å². The van der Waals surface area contributed by atoms with Crippen LogP contribution in [0.2, 0.25) is 10.0 Å². The molecule has 2 rings (SSSR count). The summed E-state index contributed by atoms with van der Waals surface area (Å²) in [4.78, 5) is 25.8. The Morgan fingerprint density at radius 1 is 0.727 bits per heavy atom. The number of halogens is 2. The van der Waals surface area contributed by atoms with Crippen molar-refractivity contribution in [3.05, 3.63) is 69.7 Å². The van der Waals surface area contributed by atoms with Crippen LogP contribution >= 0.6 is 23.2 Å². The maximum absolute atomic E-state index is 12.9. The zero-order valence-electron chi connectivity index (χ0n) is 19.9. The highest BCUT2D eigenvalue weighted by atomic mass is 35.5. The Hall–Kier alpha value is -2.04. The smallest absolute Gasteiger partial charge is 0.306 e. The van der Waals surface area contributed by atoms with E-state index >= 15 is 0 Å². The third kappa shape index (κ3) is 9.38. The minimum atomic E-state index is -0.544. The molecule has 0 atom stereocenters. The van der Waals surface area contributed by atoms with Crippen LogP contribution in [-0.4, -0.2) is 11.9 Å². The fourth-order valence-electron chi connectivity index (χ4n) is 4.43. The molecule has 4 nitrogen and oxygen atoms in total. The van der Waals surface area contributed by atoms with E-state index in [1.165, 1.54) is 0 Å². The lowest BCUT2D eigenvalue weighted by Gasteiger charge is -2.35. The normalized spacial score (nSPS) is 11.6. The van der Waals surface area contributed by atoms with Crippen LogP contribution in [-0.2, 0) is 32.3 Å². The Morgan fingerprint density at radius 2 is 1.09 bits per heavy atom. The number of esters is 2. The van der Waals surface area contributed by atoms with E-state index in [0.29, 0.717) is 34.7 Å². The van der Waals surface area contributed by atoms with E-state index in [2.05, 4.69) is 27.7 Å². The van der Waals surface area contributed by atoms with E-state index in [1.807, 2.05) is 36.4 Å². The van der Waals surface area contributed by atoms with Gasteiger partial charge in [0.2, 0.25) is 0 Å². The summed E-state index contributed by atoms with van der Waals surface area (Å²) in [5, 5.41) is 1.12. The van der Waals surface area contributed by atoms with Crippen LogP contribution in [0, 0.1) is 17.3 Å². The minimum Gasteiger partial charge on any atom is -0.461 e. The largest absolute Gasteiger partial charge is 0.461 e. The number of benzene rings is 2.